The molecule has 3 atom stereocenters. The second-order valence-electron chi connectivity index (χ2n) is 8.17. The summed E-state index contributed by atoms with van der Waals surface area (Å²) in [6.45, 7) is 4.04. The molecule has 0 amide bonds. The molecule has 1 heterocycles. The number of aryl methyl sites for hydroxylation is 2. The summed E-state index contributed by atoms with van der Waals surface area (Å²) in [5.41, 5.74) is 2.44. The topological polar surface area (TPSA) is 44.8 Å². The Hall–Kier alpha value is -1.43. The molecule has 0 radical (unpaired) electrons. The van der Waals surface area contributed by atoms with Gasteiger partial charge in [0.25, 0.3) is 0 Å². The number of rotatable bonds is 5. The normalized spacial score (nSPS) is 22.8. The van der Waals surface area contributed by atoms with Gasteiger partial charge in [0, 0.05) is 22.0 Å². The standard InChI is InChI=1S/C24H22Cl4O4/c1-12-7-15(8-13(2)22(12)27)32-21-11-31-20-9-14(3-4-16(20)24(21)29)30-10-17-18(25)5-6-19(26)23(17)28/h5-8,11,14,16,20H,3-4,9-10H2,1-2H3. The van der Waals surface area contributed by atoms with Gasteiger partial charge in [0.1, 0.15) is 18.1 Å². The van der Waals surface area contributed by atoms with Crippen LogP contribution in [0.1, 0.15) is 36.0 Å². The van der Waals surface area contributed by atoms with E-state index >= 15 is 0 Å². The Labute approximate surface area is 207 Å². The summed E-state index contributed by atoms with van der Waals surface area (Å²) in [6, 6.07) is 6.98. The molecule has 0 saturated heterocycles. The fourth-order valence-electron chi connectivity index (χ4n) is 4.15. The highest BCUT2D eigenvalue weighted by molar-refractivity contribution is 6.44. The summed E-state index contributed by atoms with van der Waals surface area (Å²) in [5.74, 6) is 0.469. The minimum absolute atomic E-state index is 0.0501. The predicted molar refractivity (Wildman–Crippen MR) is 127 cm³/mol. The summed E-state index contributed by atoms with van der Waals surface area (Å²) < 4.78 is 17.8. The molecule has 170 valence electrons. The minimum atomic E-state index is -0.261. The average Bonchev–Trinajstić information content (AvgIpc) is 2.76. The highest BCUT2D eigenvalue weighted by Gasteiger charge is 2.41. The molecule has 4 rings (SSSR count). The number of carbonyl (C=O) groups excluding carboxylic acids is 1. The van der Waals surface area contributed by atoms with E-state index in [9.17, 15) is 4.79 Å². The number of hydrogen-bond acceptors (Lipinski definition) is 4. The fraction of sp³-hybridized carbons (Fsp3) is 0.375. The number of benzene rings is 2. The molecule has 1 fully saturated rings. The van der Waals surface area contributed by atoms with E-state index in [4.69, 9.17) is 60.6 Å². The number of allylic oxidation sites excluding steroid dienone is 1. The molecule has 1 saturated carbocycles. The molecule has 32 heavy (non-hydrogen) atoms. The van der Waals surface area contributed by atoms with E-state index in [1.807, 2.05) is 26.0 Å². The summed E-state index contributed by atoms with van der Waals surface area (Å²) in [7, 11) is 0. The van der Waals surface area contributed by atoms with Gasteiger partial charge in [-0.25, -0.2) is 0 Å². The van der Waals surface area contributed by atoms with Crippen LogP contribution in [-0.2, 0) is 20.9 Å². The molecule has 2 aromatic rings. The first kappa shape index (κ1) is 23.7. The zero-order valence-corrected chi connectivity index (χ0v) is 20.6. The van der Waals surface area contributed by atoms with Gasteiger partial charge in [0.2, 0.25) is 11.5 Å². The summed E-state index contributed by atoms with van der Waals surface area (Å²) in [6.07, 6.45) is 3.04. The van der Waals surface area contributed by atoms with E-state index in [1.165, 1.54) is 6.26 Å². The van der Waals surface area contributed by atoms with E-state index < -0.39 is 0 Å². The van der Waals surface area contributed by atoms with Crippen LogP contribution in [0, 0.1) is 19.8 Å². The van der Waals surface area contributed by atoms with Crippen LogP contribution in [-0.4, -0.2) is 18.0 Å². The zero-order chi connectivity index (χ0) is 23.0. The third kappa shape index (κ3) is 4.90. The molecule has 2 aromatic carbocycles. The van der Waals surface area contributed by atoms with Gasteiger partial charge in [-0.3, -0.25) is 4.79 Å². The van der Waals surface area contributed by atoms with E-state index in [0.29, 0.717) is 44.2 Å². The fourth-order valence-corrected chi connectivity index (χ4v) is 4.92. The molecular formula is C24H22Cl4O4. The third-order valence-electron chi connectivity index (χ3n) is 5.91. The molecular weight excluding hydrogens is 494 g/mol. The number of ether oxygens (including phenoxy) is 3. The molecule has 0 spiro atoms. The Kier molecular flexibility index (Phi) is 7.28. The highest BCUT2D eigenvalue weighted by atomic mass is 35.5. The van der Waals surface area contributed by atoms with Crippen molar-refractivity contribution >= 4 is 52.2 Å². The van der Waals surface area contributed by atoms with E-state index in [1.54, 1.807) is 12.1 Å². The summed E-state index contributed by atoms with van der Waals surface area (Å²) in [5, 5.41) is 2.03. The van der Waals surface area contributed by atoms with Gasteiger partial charge >= 0.3 is 0 Å². The molecule has 0 N–H and O–H groups in total. The number of Topliss-reactive ketones (excluding diaryl/α,β-unsaturated/α-hetero) is 1. The lowest BCUT2D eigenvalue weighted by Crippen LogP contribution is -2.42. The van der Waals surface area contributed by atoms with Crippen LogP contribution in [0.25, 0.3) is 0 Å². The number of hydrogen-bond donors (Lipinski definition) is 0. The van der Waals surface area contributed by atoms with Crippen molar-refractivity contribution < 1.29 is 19.0 Å². The molecule has 8 heteroatoms. The summed E-state index contributed by atoms with van der Waals surface area (Å²) in [4.78, 5) is 13.0. The van der Waals surface area contributed by atoms with Crippen molar-refractivity contribution in [3.05, 3.63) is 73.1 Å². The number of carbonyl (C=O) groups is 1. The Morgan fingerprint density at radius 2 is 1.69 bits per heavy atom. The molecule has 0 aromatic heterocycles. The van der Waals surface area contributed by atoms with Gasteiger partial charge in [0.15, 0.2) is 0 Å². The van der Waals surface area contributed by atoms with Crippen LogP contribution in [0.15, 0.2) is 36.3 Å². The van der Waals surface area contributed by atoms with Crippen LogP contribution in [0.4, 0.5) is 0 Å². The smallest absolute Gasteiger partial charge is 0.207 e. The van der Waals surface area contributed by atoms with Crippen LogP contribution in [0.2, 0.25) is 20.1 Å². The largest absolute Gasteiger partial charge is 0.493 e. The molecule has 3 unspecified atom stereocenters. The molecule has 2 aliphatic rings. The second-order valence-corrected chi connectivity index (χ2v) is 9.74. The lowest BCUT2D eigenvalue weighted by molar-refractivity contribution is -0.134. The summed E-state index contributed by atoms with van der Waals surface area (Å²) >= 11 is 24.8. The third-order valence-corrected chi connectivity index (χ3v) is 7.71. The quantitative estimate of drug-likeness (QED) is 0.387. The first-order valence-corrected chi connectivity index (χ1v) is 11.8. The minimum Gasteiger partial charge on any atom is -0.493 e. The van der Waals surface area contributed by atoms with E-state index in [-0.39, 0.29) is 36.3 Å². The van der Waals surface area contributed by atoms with Crippen LogP contribution < -0.4 is 4.74 Å². The Bertz CT molecular complexity index is 1060. The predicted octanol–water partition coefficient (Wildman–Crippen LogP) is 7.49. The maximum atomic E-state index is 13.0. The van der Waals surface area contributed by atoms with Gasteiger partial charge in [0.05, 0.1) is 28.7 Å². The maximum absolute atomic E-state index is 13.0. The van der Waals surface area contributed by atoms with Crippen LogP contribution >= 0.6 is 46.4 Å². The van der Waals surface area contributed by atoms with Crippen molar-refractivity contribution in [2.24, 2.45) is 5.92 Å². The Morgan fingerprint density at radius 1 is 1.00 bits per heavy atom. The Morgan fingerprint density at radius 3 is 2.41 bits per heavy atom. The first-order chi connectivity index (χ1) is 15.2. The number of fused-ring (bicyclic) bond motifs is 1. The first-order valence-electron chi connectivity index (χ1n) is 10.3. The molecule has 1 aliphatic carbocycles. The van der Waals surface area contributed by atoms with E-state index in [0.717, 1.165) is 17.5 Å². The van der Waals surface area contributed by atoms with Crippen LogP contribution in [0.5, 0.6) is 5.75 Å². The monoisotopic (exact) mass is 514 g/mol. The number of halogens is 4. The second kappa shape index (κ2) is 9.82. The molecule has 4 nitrogen and oxygen atoms in total. The lowest BCUT2D eigenvalue weighted by atomic mass is 9.80. The van der Waals surface area contributed by atoms with Gasteiger partial charge in [-0.15, -0.1) is 0 Å². The lowest BCUT2D eigenvalue weighted by Gasteiger charge is -2.37. The van der Waals surface area contributed by atoms with Crippen molar-refractivity contribution in [3.63, 3.8) is 0 Å². The van der Waals surface area contributed by atoms with Gasteiger partial charge in [-0.1, -0.05) is 46.4 Å². The van der Waals surface area contributed by atoms with Gasteiger partial charge in [-0.05, 0) is 62.1 Å². The van der Waals surface area contributed by atoms with Crippen LogP contribution in [0.3, 0.4) is 0 Å². The van der Waals surface area contributed by atoms with Gasteiger partial charge < -0.3 is 14.2 Å². The van der Waals surface area contributed by atoms with Crippen molar-refractivity contribution in [2.75, 3.05) is 0 Å². The van der Waals surface area contributed by atoms with Crippen molar-refractivity contribution in [1.82, 2.24) is 0 Å². The highest BCUT2D eigenvalue weighted by Crippen LogP contribution is 2.37. The van der Waals surface area contributed by atoms with Gasteiger partial charge in [-0.2, -0.15) is 0 Å². The Balaban J connectivity index is 1.40. The maximum Gasteiger partial charge on any atom is 0.207 e. The van der Waals surface area contributed by atoms with Crippen molar-refractivity contribution in [3.8, 4) is 5.75 Å². The number of ketones is 1. The zero-order valence-electron chi connectivity index (χ0n) is 17.6. The van der Waals surface area contributed by atoms with Crippen molar-refractivity contribution in [2.45, 2.75) is 51.9 Å². The van der Waals surface area contributed by atoms with Crippen molar-refractivity contribution in [1.29, 1.82) is 0 Å². The molecule has 0 bridgehead atoms. The average molecular weight is 516 g/mol. The SMILES string of the molecule is Cc1cc(OC2=COC3CC(OCc4c(Cl)ccc(Cl)c4Cl)CCC3C2=O)cc(C)c1Cl. The van der Waals surface area contributed by atoms with E-state index in [2.05, 4.69) is 0 Å². The molecule has 1 aliphatic heterocycles.